The van der Waals surface area contributed by atoms with Crippen LogP contribution in [0.3, 0.4) is 0 Å². The van der Waals surface area contributed by atoms with Gasteiger partial charge in [-0.1, -0.05) is 24.8 Å². The summed E-state index contributed by atoms with van der Waals surface area (Å²) < 4.78 is 9.23. The molecule has 1 amide bonds. The molecule has 1 fully saturated rings. The normalized spacial score (nSPS) is 15.8. The van der Waals surface area contributed by atoms with Crippen LogP contribution in [0.1, 0.15) is 12.8 Å². The average molecular weight is 470 g/mol. The highest BCUT2D eigenvalue weighted by molar-refractivity contribution is 5.87. The Labute approximate surface area is 202 Å². The smallest absolute Gasteiger partial charge is 0.333 e. The number of nitrogens with two attached hydrogens (primary N) is 1. The van der Waals surface area contributed by atoms with Gasteiger partial charge in [0.05, 0.1) is 11.2 Å². The molecule has 178 valence electrons. The van der Waals surface area contributed by atoms with Gasteiger partial charge in [-0.05, 0) is 67.3 Å². The van der Waals surface area contributed by atoms with E-state index in [0.717, 1.165) is 24.1 Å². The van der Waals surface area contributed by atoms with E-state index in [2.05, 4.69) is 11.6 Å². The molecule has 0 aliphatic carbocycles. The van der Waals surface area contributed by atoms with Crippen molar-refractivity contribution in [2.75, 3.05) is 18.8 Å². The van der Waals surface area contributed by atoms with Crippen molar-refractivity contribution in [1.29, 1.82) is 0 Å². The standard InChI is InChI=1S/C27H27N5O3/c1-2-24(33)30-16-6-7-19(17-30)18-31-23-14-15-29-26(28)25(23)32(27(31)34)20-10-12-22(13-11-20)35-21-8-4-3-5-9-21/h2-5,8-15,19H,1,6-7,16-18H2,(H2,28,29). The van der Waals surface area contributed by atoms with E-state index < -0.39 is 0 Å². The molecule has 0 radical (unpaired) electrons. The lowest BCUT2D eigenvalue weighted by Gasteiger charge is -2.32. The number of para-hydroxylation sites is 1. The molecule has 1 aliphatic heterocycles. The summed E-state index contributed by atoms with van der Waals surface area (Å²) in [6, 6.07) is 18.6. The number of carbonyl (C=O) groups excluding carboxylic acids is 1. The number of aromatic nitrogens is 3. The maximum Gasteiger partial charge on any atom is 0.333 e. The number of carbonyl (C=O) groups is 1. The summed E-state index contributed by atoms with van der Waals surface area (Å²) in [5.74, 6) is 1.77. The van der Waals surface area contributed by atoms with E-state index in [1.807, 2.05) is 60.7 Å². The van der Waals surface area contributed by atoms with E-state index in [1.54, 1.807) is 20.2 Å². The van der Waals surface area contributed by atoms with Gasteiger partial charge in [0.25, 0.3) is 0 Å². The lowest BCUT2D eigenvalue weighted by Crippen LogP contribution is -2.41. The van der Waals surface area contributed by atoms with Crippen LogP contribution in [0, 0.1) is 5.92 Å². The van der Waals surface area contributed by atoms with Crippen LogP contribution in [0.2, 0.25) is 0 Å². The van der Waals surface area contributed by atoms with Crippen LogP contribution in [-0.4, -0.2) is 38.0 Å². The Balaban J connectivity index is 1.49. The van der Waals surface area contributed by atoms with Crippen LogP contribution >= 0.6 is 0 Å². The van der Waals surface area contributed by atoms with Gasteiger partial charge >= 0.3 is 5.69 Å². The molecule has 4 aromatic rings. The minimum atomic E-state index is -0.191. The van der Waals surface area contributed by atoms with Crippen molar-refractivity contribution in [2.24, 2.45) is 5.92 Å². The van der Waals surface area contributed by atoms with E-state index in [0.29, 0.717) is 36.6 Å². The van der Waals surface area contributed by atoms with Crippen LogP contribution in [-0.2, 0) is 11.3 Å². The zero-order chi connectivity index (χ0) is 24.4. The number of hydrogen-bond acceptors (Lipinski definition) is 5. The second-order valence-electron chi connectivity index (χ2n) is 8.70. The number of piperidine rings is 1. The van der Waals surface area contributed by atoms with Crippen molar-refractivity contribution < 1.29 is 9.53 Å². The minimum absolute atomic E-state index is 0.0734. The fourth-order valence-electron chi connectivity index (χ4n) is 4.73. The topological polar surface area (TPSA) is 95.4 Å². The number of hydrogen-bond donors (Lipinski definition) is 1. The number of imidazole rings is 1. The number of nitrogens with zero attached hydrogens (tertiary/aromatic N) is 4. The van der Waals surface area contributed by atoms with Gasteiger partial charge in [-0.2, -0.15) is 0 Å². The Hall–Kier alpha value is -4.33. The Bertz CT molecular complexity index is 1420. The monoisotopic (exact) mass is 469 g/mol. The van der Waals surface area contributed by atoms with E-state index in [-0.39, 0.29) is 23.3 Å². The molecule has 1 atom stereocenters. The molecule has 2 aromatic heterocycles. The largest absolute Gasteiger partial charge is 0.457 e. The van der Waals surface area contributed by atoms with E-state index in [4.69, 9.17) is 10.5 Å². The third-order valence-electron chi connectivity index (χ3n) is 6.39. The molecule has 8 nitrogen and oxygen atoms in total. The van der Waals surface area contributed by atoms with Gasteiger partial charge in [0, 0.05) is 25.8 Å². The first-order valence-electron chi connectivity index (χ1n) is 11.7. The van der Waals surface area contributed by atoms with E-state index >= 15 is 0 Å². The Morgan fingerprint density at radius 2 is 1.86 bits per heavy atom. The second kappa shape index (κ2) is 9.50. The summed E-state index contributed by atoms with van der Waals surface area (Å²) in [5.41, 5.74) is 8.02. The Morgan fingerprint density at radius 3 is 2.60 bits per heavy atom. The van der Waals surface area contributed by atoms with Crippen molar-refractivity contribution in [2.45, 2.75) is 19.4 Å². The number of pyridine rings is 1. The van der Waals surface area contributed by atoms with Crippen LogP contribution in [0.25, 0.3) is 16.7 Å². The van der Waals surface area contributed by atoms with Crippen molar-refractivity contribution >= 4 is 22.8 Å². The molecule has 3 heterocycles. The van der Waals surface area contributed by atoms with Gasteiger partial charge in [0.1, 0.15) is 22.8 Å². The molecule has 1 unspecified atom stereocenters. The van der Waals surface area contributed by atoms with Crippen molar-refractivity contribution in [3.05, 3.63) is 90.0 Å². The molecule has 8 heteroatoms. The van der Waals surface area contributed by atoms with Crippen LogP contribution < -0.4 is 16.2 Å². The minimum Gasteiger partial charge on any atom is -0.457 e. The predicted octanol–water partition coefficient (Wildman–Crippen LogP) is 3.99. The zero-order valence-electron chi connectivity index (χ0n) is 19.3. The number of nitrogen functional groups attached to an aromatic ring is 1. The van der Waals surface area contributed by atoms with Gasteiger partial charge in [-0.15, -0.1) is 0 Å². The summed E-state index contributed by atoms with van der Waals surface area (Å²) in [6.45, 7) is 5.39. The molecular weight excluding hydrogens is 442 g/mol. The van der Waals surface area contributed by atoms with Crippen molar-refractivity contribution in [3.8, 4) is 17.2 Å². The fraction of sp³-hybridized carbons (Fsp3) is 0.222. The lowest BCUT2D eigenvalue weighted by atomic mass is 9.98. The third-order valence-corrected chi connectivity index (χ3v) is 6.39. The zero-order valence-corrected chi connectivity index (χ0v) is 19.3. The number of fused-ring (bicyclic) bond motifs is 1. The maximum absolute atomic E-state index is 13.7. The molecule has 5 rings (SSSR count). The highest BCUT2D eigenvalue weighted by Crippen LogP contribution is 2.27. The number of amides is 1. The Morgan fingerprint density at radius 1 is 1.11 bits per heavy atom. The van der Waals surface area contributed by atoms with Crippen molar-refractivity contribution in [1.82, 2.24) is 19.0 Å². The van der Waals surface area contributed by atoms with E-state index in [1.165, 1.54) is 6.08 Å². The summed E-state index contributed by atoms with van der Waals surface area (Å²) in [6.07, 6.45) is 4.79. The van der Waals surface area contributed by atoms with Gasteiger partial charge < -0.3 is 15.4 Å². The first kappa shape index (κ1) is 22.5. The van der Waals surface area contributed by atoms with Gasteiger partial charge in [0.2, 0.25) is 5.91 Å². The highest BCUT2D eigenvalue weighted by atomic mass is 16.5. The molecule has 35 heavy (non-hydrogen) atoms. The first-order chi connectivity index (χ1) is 17.0. The van der Waals surface area contributed by atoms with Gasteiger partial charge in [-0.3, -0.25) is 13.9 Å². The summed E-state index contributed by atoms with van der Waals surface area (Å²) in [5, 5.41) is 0. The molecule has 0 saturated carbocycles. The van der Waals surface area contributed by atoms with Crippen LogP contribution in [0.5, 0.6) is 11.5 Å². The van der Waals surface area contributed by atoms with Crippen molar-refractivity contribution in [3.63, 3.8) is 0 Å². The van der Waals surface area contributed by atoms with Gasteiger partial charge in [0.15, 0.2) is 0 Å². The number of ether oxygens (including phenoxy) is 1. The maximum atomic E-state index is 13.7. The lowest BCUT2D eigenvalue weighted by molar-refractivity contribution is -0.127. The van der Waals surface area contributed by atoms with Crippen LogP contribution in [0.15, 0.2) is 84.3 Å². The number of likely N-dealkylation sites (tertiary alicyclic amines) is 1. The summed E-state index contributed by atoms with van der Waals surface area (Å²) >= 11 is 0. The second-order valence-corrected chi connectivity index (χ2v) is 8.70. The molecule has 2 N–H and O–H groups in total. The Kier molecular flexibility index (Phi) is 6.10. The van der Waals surface area contributed by atoms with Crippen LogP contribution in [0.4, 0.5) is 5.82 Å². The fourth-order valence-corrected chi connectivity index (χ4v) is 4.73. The van der Waals surface area contributed by atoms with E-state index in [9.17, 15) is 9.59 Å². The molecule has 1 aliphatic rings. The molecular formula is C27H27N5O3. The first-order valence-corrected chi connectivity index (χ1v) is 11.7. The number of rotatable bonds is 6. The molecule has 1 saturated heterocycles. The van der Waals surface area contributed by atoms with Gasteiger partial charge in [-0.25, -0.2) is 9.78 Å². The highest BCUT2D eigenvalue weighted by Gasteiger charge is 2.25. The average Bonchev–Trinajstić information content (AvgIpc) is 3.17. The quantitative estimate of drug-likeness (QED) is 0.431. The SMILES string of the molecule is C=CC(=O)N1CCCC(Cn2c(=O)n(-c3ccc(Oc4ccccc4)cc3)c3c(N)nccc32)C1. The third kappa shape index (κ3) is 4.42. The number of benzene rings is 2. The number of anilines is 1. The summed E-state index contributed by atoms with van der Waals surface area (Å²) in [7, 11) is 0. The molecule has 0 bridgehead atoms. The summed E-state index contributed by atoms with van der Waals surface area (Å²) in [4.78, 5) is 31.8. The molecule has 2 aromatic carbocycles. The molecule has 0 spiro atoms. The predicted molar refractivity (Wildman–Crippen MR) is 136 cm³/mol.